The first-order chi connectivity index (χ1) is 7.33. The van der Waals surface area contributed by atoms with Gasteiger partial charge in [-0.3, -0.25) is 0 Å². The van der Waals surface area contributed by atoms with Gasteiger partial charge < -0.3 is 4.74 Å². The van der Waals surface area contributed by atoms with Gasteiger partial charge in [0.15, 0.2) is 5.69 Å². The molecule has 0 amide bonds. The summed E-state index contributed by atoms with van der Waals surface area (Å²) in [7, 11) is 0. The van der Waals surface area contributed by atoms with Gasteiger partial charge in [0.05, 0.1) is 6.61 Å². The van der Waals surface area contributed by atoms with Crippen LogP contribution in [-0.2, 0) is 17.6 Å². The summed E-state index contributed by atoms with van der Waals surface area (Å²) >= 11 is 0. The number of aryl methyl sites for hydroxylation is 1. The van der Waals surface area contributed by atoms with E-state index in [2.05, 4.69) is 9.97 Å². The van der Waals surface area contributed by atoms with Gasteiger partial charge in [-0.1, -0.05) is 0 Å². The fourth-order valence-corrected chi connectivity index (χ4v) is 1.90. The van der Waals surface area contributed by atoms with Gasteiger partial charge >= 0.3 is 5.97 Å². The van der Waals surface area contributed by atoms with Gasteiger partial charge in [-0.2, -0.15) is 0 Å². The number of fused-ring (bicyclic) bond motifs is 1. The van der Waals surface area contributed by atoms with E-state index in [-0.39, 0.29) is 5.97 Å². The summed E-state index contributed by atoms with van der Waals surface area (Å²) in [6.07, 6.45) is 5.55. The number of carbonyl (C=O) groups is 1. The van der Waals surface area contributed by atoms with E-state index in [1.807, 2.05) is 0 Å². The van der Waals surface area contributed by atoms with Crippen LogP contribution >= 0.6 is 0 Å². The zero-order chi connectivity index (χ0) is 10.7. The van der Waals surface area contributed by atoms with E-state index in [9.17, 15) is 4.79 Å². The lowest BCUT2D eigenvalue weighted by Crippen LogP contribution is -2.16. The molecule has 15 heavy (non-hydrogen) atoms. The number of hydrogen-bond acceptors (Lipinski definition) is 4. The van der Waals surface area contributed by atoms with Crippen LogP contribution in [0.3, 0.4) is 0 Å². The predicted molar refractivity (Wildman–Crippen MR) is 54.6 cm³/mol. The van der Waals surface area contributed by atoms with Gasteiger partial charge in [0, 0.05) is 11.3 Å². The second-order valence-corrected chi connectivity index (χ2v) is 3.58. The number of esters is 1. The van der Waals surface area contributed by atoms with Crippen LogP contribution in [0.4, 0.5) is 0 Å². The maximum absolute atomic E-state index is 11.6. The molecule has 2 rings (SSSR count). The van der Waals surface area contributed by atoms with Gasteiger partial charge in [-0.15, -0.1) is 0 Å². The molecule has 0 radical (unpaired) electrons. The fourth-order valence-electron chi connectivity index (χ4n) is 1.90. The van der Waals surface area contributed by atoms with E-state index in [4.69, 9.17) is 4.74 Å². The molecule has 0 saturated carbocycles. The molecule has 1 aromatic heterocycles. The molecule has 0 aromatic carbocycles. The van der Waals surface area contributed by atoms with Crippen molar-refractivity contribution in [2.24, 2.45) is 0 Å². The number of ether oxygens (including phenoxy) is 1. The SMILES string of the molecule is CCOC(=O)c1ncnc2c1CCCC2. The number of aromatic nitrogens is 2. The van der Waals surface area contributed by atoms with Crippen LogP contribution in [0.15, 0.2) is 6.33 Å². The summed E-state index contributed by atoms with van der Waals surface area (Å²) in [5.41, 5.74) is 2.46. The Balaban J connectivity index is 2.34. The Hall–Kier alpha value is -1.45. The average Bonchev–Trinajstić information content (AvgIpc) is 2.28. The number of rotatable bonds is 2. The second-order valence-electron chi connectivity index (χ2n) is 3.58. The van der Waals surface area contributed by atoms with Crippen LogP contribution in [0.1, 0.15) is 41.5 Å². The molecule has 4 heteroatoms. The van der Waals surface area contributed by atoms with Crippen molar-refractivity contribution in [1.82, 2.24) is 9.97 Å². The van der Waals surface area contributed by atoms with Crippen LogP contribution in [0.2, 0.25) is 0 Å². The van der Waals surface area contributed by atoms with Gasteiger partial charge in [0.1, 0.15) is 6.33 Å². The van der Waals surface area contributed by atoms with E-state index < -0.39 is 0 Å². The van der Waals surface area contributed by atoms with Crippen molar-refractivity contribution in [3.8, 4) is 0 Å². The molecule has 0 spiro atoms. The molecule has 0 atom stereocenters. The van der Waals surface area contributed by atoms with Crippen LogP contribution in [-0.4, -0.2) is 22.5 Å². The molecule has 1 aliphatic rings. The third-order valence-electron chi connectivity index (χ3n) is 2.59. The monoisotopic (exact) mass is 206 g/mol. The van der Waals surface area contributed by atoms with E-state index in [1.165, 1.54) is 6.33 Å². The topological polar surface area (TPSA) is 52.1 Å². The average molecular weight is 206 g/mol. The highest BCUT2D eigenvalue weighted by molar-refractivity contribution is 5.89. The van der Waals surface area contributed by atoms with E-state index in [1.54, 1.807) is 6.92 Å². The van der Waals surface area contributed by atoms with E-state index in [0.717, 1.165) is 36.9 Å². The number of carbonyl (C=O) groups excluding carboxylic acids is 1. The van der Waals surface area contributed by atoms with Gasteiger partial charge in [-0.25, -0.2) is 14.8 Å². The minimum atomic E-state index is -0.321. The lowest BCUT2D eigenvalue weighted by molar-refractivity contribution is 0.0517. The second kappa shape index (κ2) is 4.38. The highest BCUT2D eigenvalue weighted by Crippen LogP contribution is 2.21. The van der Waals surface area contributed by atoms with Crippen molar-refractivity contribution in [2.75, 3.05) is 6.61 Å². The smallest absolute Gasteiger partial charge is 0.357 e. The highest BCUT2D eigenvalue weighted by Gasteiger charge is 2.20. The Morgan fingerprint density at radius 2 is 2.20 bits per heavy atom. The molecule has 0 N–H and O–H groups in total. The molecule has 0 saturated heterocycles. The molecule has 1 aliphatic carbocycles. The van der Waals surface area contributed by atoms with Crippen LogP contribution < -0.4 is 0 Å². The third-order valence-corrected chi connectivity index (χ3v) is 2.59. The number of hydrogen-bond donors (Lipinski definition) is 0. The first-order valence-corrected chi connectivity index (χ1v) is 5.32. The summed E-state index contributed by atoms with van der Waals surface area (Å²) < 4.78 is 4.96. The maximum atomic E-state index is 11.6. The first kappa shape index (κ1) is 10.1. The number of nitrogens with zero attached hydrogens (tertiary/aromatic N) is 2. The van der Waals surface area contributed by atoms with E-state index >= 15 is 0 Å². The fraction of sp³-hybridized carbons (Fsp3) is 0.545. The van der Waals surface area contributed by atoms with Crippen LogP contribution in [0, 0.1) is 0 Å². The van der Waals surface area contributed by atoms with Crippen molar-refractivity contribution in [3.05, 3.63) is 23.3 Å². The van der Waals surface area contributed by atoms with Gasteiger partial charge in [-0.05, 0) is 32.6 Å². The van der Waals surface area contributed by atoms with E-state index in [0.29, 0.717) is 12.3 Å². The highest BCUT2D eigenvalue weighted by atomic mass is 16.5. The molecule has 4 nitrogen and oxygen atoms in total. The Morgan fingerprint density at radius 3 is 3.00 bits per heavy atom. The van der Waals surface area contributed by atoms with Crippen LogP contribution in [0.25, 0.3) is 0 Å². The normalized spacial score (nSPS) is 14.5. The van der Waals surface area contributed by atoms with Crippen molar-refractivity contribution in [2.45, 2.75) is 32.6 Å². The van der Waals surface area contributed by atoms with Crippen molar-refractivity contribution < 1.29 is 9.53 Å². The molecule has 0 fully saturated rings. The lowest BCUT2D eigenvalue weighted by Gasteiger charge is -2.16. The summed E-state index contributed by atoms with van der Waals surface area (Å²) in [4.78, 5) is 19.8. The molecule has 80 valence electrons. The molecular formula is C11H14N2O2. The zero-order valence-electron chi connectivity index (χ0n) is 8.82. The lowest BCUT2D eigenvalue weighted by atomic mass is 9.95. The van der Waals surface area contributed by atoms with Crippen molar-refractivity contribution >= 4 is 5.97 Å². The molecule has 0 aliphatic heterocycles. The minimum Gasteiger partial charge on any atom is -0.461 e. The maximum Gasteiger partial charge on any atom is 0.357 e. The summed E-state index contributed by atoms with van der Waals surface area (Å²) in [6, 6.07) is 0. The zero-order valence-corrected chi connectivity index (χ0v) is 8.82. The molecule has 0 unspecified atom stereocenters. The third kappa shape index (κ3) is 1.98. The minimum absolute atomic E-state index is 0.321. The summed E-state index contributed by atoms with van der Waals surface area (Å²) in [6.45, 7) is 2.18. The molecular weight excluding hydrogens is 192 g/mol. The Kier molecular flexibility index (Phi) is 2.94. The Morgan fingerprint density at radius 1 is 1.40 bits per heavy atom. The van der Waals surface area contributed by atoms with Crippen molar-refractivity contribution in [1.29, 1.82) is 0 Å². The standard InChI is InChI=1S/C11H14N2O2/c1-2-15-11(14)10-8-5-3-4-6-9(8)12-7-13-10/h7H,2-6H2,1H3. The molecule has 1 heterocycles. The first-order valence-electron chi connectivity index (χ1n) is 5.32. The molecule has 1 aromatic rings. The summed E-state index contributed by atoms with van der Waals surface area (Å²) in [5, 5.41) is 0. The molecule has 0 bridgehead atoms. The summed E-state index contributed by atoms with van der Waals surface area (Å²) in [5.74, 6) is -0.321. The van der Waals surface area contributed by atoms with Crippen LogP contribution in [0.5, 0.6) is 0 Å². The van der Waals surface area contributed by atoms with Crippen molar-refractivity contribution in [3.63, 3.8) is 0 Å². The Bertz CT molecular complexity index is 377. The quantitative estimate of drug-likeness (QED) is 0.688. The van der Waals surface area contributed by atoms with Gasteiger partial charge in [0.2, 0.25) is 0 Å². The Labute approximate surface area is 88.7 Å². The van der Waals surface area contributed by atoms with Gasteiger partial charge in [0.25, 0.3) is 0 Å². The predicted octanol–water partition coefficient (Wildman–Crippen LogP) is 1.53. The largest absolute Gasteiger partial charge is 0.461 e.